The fraction of sp³-hybridized carbons (Fsp3) is 0.429. The Hall–Kier alpha value is -1.40. The quantitative estimate of drug-likeness (QED) is 0.875. The molecule has 0 spiro atoms. The molecule has 1 aromatic carbocycles. The second kappa shape index (κ2) is 5.54. The number of hydrogen-bond donors (Lipinski definition) is 2. The zero-order chi connectivity index (χ0) is 14.1. The molecular formula is C14H17BrN4O. The highest BCUT2D eigenvalue weighted by atomic mass is 79.9. The molecule has 106 valence electrons. The first-order valence-corrected chi connectivity index (χ1v) is 7.50. The van der Waals surface area contributed by atoms with Crippen LogP contribution in [0.2, 0.25) is 0 Å². The number of nitrogens with one attached hydrogen (secondary N) is 2. The molecule has 1 saturated carbocycles. The van der Waals surface area contributed by atoms with Crippen LogP contribution in [0.3, 0.4) is 0 Å². The molecule has 0 saturated heterocycles. The van der Waals surface area contributed by atoms with Crippen LogP contribution in [-0.2, 0) is 6.54 Å². The van der Waals surface area contributed by atoms with Crippen molar-refractivity contribution < 1.29 is 4.42 Å². The standard InChI is InChI=1S/C14H17BrN4O/c1-8-5-11(6-9(2)13(8)15)17-14-19-18-12(20-14)7-16-10-3-4-10/h5-6,10,16H,3-4,7H2,1-2H3,(H,17,19). The molecule has 1 aromatic heterocycles. The SMILES string of the molecule is Cc1cc(Nc2nnc(CNC3CC3)o2)cc(C)c1Br. The smallest absolute Gasteiger partial charge is 0.320 e. The lowest BCUT2D eigenvalue weighted by molar-refractivity contribution is 0.478. The normalized spacial score (nSPS) is 14.6. The average Bonchev–Trinajstić information content (AvgIpc) is 3.14. The van der Waals surface area contributed by atoms with E-state index in [-0.39, 0.29) is 0 Å². The molecule has 1 aliphatic carbocycles. The summed E-state index contributed by atoms with van der Waals surface area (Å²) >= 11 is 3.56. The lowest BCUT2D eigenvalue weighted by atomic mass is 10.1. The summed E-state index contributed by atoms with van der Waals surface area (Å²) in [5, 5.41) is 14.5. The van der Waals surface area contributed by atoms with Gasteiger partial charge in [-0.05, 0) is 49.9 Å². The largest absolute Gasteiger partial charge is 0.406 e. The van der Waals surface area contributed by atoms with E-state index in [1.807, 2.05) is 12.1 Å². The first kappa shape index (κ1) is 13.6. The highest BCUT2D eigenvalue weighted by Gasteiger charge is 2.21. The Kier molecular flexibility index (Phi) is 3.76. The molecular weight excluding hydrogens is 320 g/mol. The molecule has 0 amide bonds. The van der Waals surface area contributed by atoms with Crippen molar-refractivity contribution in [1.29, 1.82) is 0 Å². The van der Waals surface area contributed by atoms with Gasteiger partial charge in [0.1, 0.15) is 0 Å². The molecule has 1 fully saturated rings. The highest BCUT2D eigenvalue weighted by Crippen LogP contribution is 2.26. The predicted molar refractivity (Wildman–Crippen MR) is 81.1 cm³/mol. The third-order valence-electron chi connectivity index (χ3n) is 3.27. The minimum absolute atomic E-state index is 0.429. The van der Waals surface area contributed by atoms with E-state index in [2.05, 4.69) is 50.6 Å². The van der Waals surface area contributed by atoms with Gasteiger partial charge in [-0.2, -0.15) is 0 Å². The summed E-state index contributed by atoms with van der Waals surface area (Å²) in [6.45, 7) is 4.75. The summed E-state index contributed by atoms with van der Waals surface area (Å²) in [6, 6.07) is 5.15. The Labute approximate surface area is 126 Å². The van der Waals surface area contributed by atoms with Crippen molar-refractivity contribution in [1.82, 2.24) is 15.5 Å². The molecule has 1 heterocycles. The van der Waals surface area contributed by atoms with Crippen LogP contribution in [0.1, 0.15) is 29.9 Å². The fourth-order valence-electron chi connectivity index (χ4n) is 2.04. The van der Waals surface area contributed by atoms with Gasteiger partial charge in [-0.3, -0.25) is 0 Å². The number of nitrogens with zero attached hydrogens (tertiary/aromatic N) is 2. The predicted octanol–water partition coefficient (Wildman–Crippen LogP) is 3.44. The van der Waals surface area contributed by atoms with Gasteiger partial charge < -0.3 is 15.1 Å². The lowest BCUT2D eigenvalue weighted by Gasteiger charge is -2.07. The van der Waals surface area contributed by atoms with Gasteiger partial charge in [-0.25, -0.2) is 0 Å². The molecule has 0 unspecified atom stereocenters. The highest BCUT2D eigenvalue weighted by molar-refractivity contribution is 9.10. The van der Waals surface area contributed by atoms with Gasteiger partial charge in [0.15, 0.2) is 0 Å². The fourth-order valence-corrected chi connectivity index (χ4v) is 2.27. The molecule has 0 radical (unpaired) electrons. The van der Waals surface area contributed by atoms with Crippen LogP contribution >= 0.6 is 15.9 Å². The Morgan fingerprint density at radius 3 is 2.60 bits per heavy atom. The number of benzene rings is 1. The van der Waals surface area contributed by atoms with Gasteiger partial charge >= 0.3 is 6.01 Å². The monoisotopic (exact) mass is 336 g/mol. The van der Waals surface area contributed by atoms with Crippen LogP contribution in [0.15, 0.2) is 21.0 Å². The second-order valence-corrected chi connectivity index (χ2v) is 6.00. The molecule has 3 rings (SSSR count). The molecule has 0 aliphatic heterocycles. The Balaban J connectivity index is 1.67. The first-order chi connectivity index (χ1) is 9.61. The number of rotatable bonds is 5. The summed E-state index contributed by atoms with van der Waals surface area (Å²) in [5.74, 6) is 0.616. The van der Waals surface area contributed by atoms with Crippen molar-refractivity contribution >= 4 is 27.6 Å². The second-order valence-electron chi connectivity index (χ2n) is 5.21. The van der Waals surface area contributed by atoms with Crippen LogP contribution in [0, 0.1) is 13.8 Å². The average molecular weight is 337 g/mol. The van der Waals surface area contributed by atoms with E-state index in [1.165, 1.54) is 24.0 Å². The van der Waals surface area contributed by atoms with Crippen LogP contribution in [0.5, 0.6) is 0 Å². The number of anilines is 2. The maximum Gasteiger partial charge on any atom is 0.320 e. The van der Waals surface area contributed by atoms with Crippen molar-refractivity contribution in [3.8, 4) is 0 Å². The zero-order valence-electron chi connectivity index (χ0n) is 11.5. The number of halogens is 1. The van der Waals surface area contributed by atoms with Crippen molar-refractivity contribution in [2.45, 2.75) is 39.3 Å². The molecule has 0 bridgehead atoms. The van der Waals surface area contributed by atoms with Crippen LogP contribution in [0.25, 0.3) is 0 Å². The maximum atomic E-state index is 5.57. The van der Waals surface area contributed by atoms with Gasteiger partial charge in [-0.15, -0.1) is 5.10 Å². The number of aromatic nitrogens is 2. The number of aryl methyl sites for hydroxylation is 2. The van der Waals surface area contributed by atoms with Gasteiger partial charge in [0.2, 0.25) is 5.89 Å². The number of hydrogen-bond acceptors (Lipinski definition) is 5. The van der Waals surface area contributed by atoms with E-state index in [0.29, 0.717) is 24.5 Å². The molecule has 1 aliphatic rings. The summed E-state index contributed by atoms with van der Waals surface area (Å²) < 4.78 is 6.70. The third kappa shape index (κ3) is 3.19. The van der Waals surface area contributed by atoms with Gasteiger partial charge in [0.05, 0.1) is 6.54 Å². The minimum Gasteiger partial charge on any atom is -0.406 e. The topological polar surface area (TPSA) is 63.0 Å². The van der Waals surface area contributed by atoms with Crippen LogP contribution in [-0.4, -0.2) is 16.2 Å². The summed E-state index contributed by atoms with van der Waals surface area (Å²) in [6.07, 6.45) is 2.49. The van der Waals surface area contributed by atoms with Crippen LogP contribution in [0.4, 0.5) is 11.7 Å². The van der Waals surface area contributed by atoms with Crippen LogP contribution < -0.4 is 10.6 Å². The Morgan fingerprint density at radius 2 is 1.95 bits per heavy atom. The van der Waals surface area contributed by atoms with E-state index in [9.17, 15) is 0 Å². The van der Waals surface area contributed by atoms with Crippen molar-refractivity contribution in [2.24, 2.45) is 0 Å². The molecule has 5 nitrogen and oxygen atoms in total. The Morgan fingerprint density at radius 1 is 1.25 bits per heavy atom. The zero-order valence-corrected chi connectivity index (χ0v) is 13.1. The summed E-state index contributed by atoms with van der Waals surface area (Å²) in [5.41, 5.74) is 3.29. The third-order valence-corrected chi connectivity index (χ3v) is 4.52. The minimum atomic E-state index is 0.429. The van der Waals surface area contributed by atoms with E-state index < -0.39 is 0 Å². The molecule has 2 aromatic rings. The molecule has 0 atom stereocenters. The van der Waals surface area contributed by atoms with E-state index in [0.717, 1.165) is 10.2 Å². The maximum absolute atomic E-state index is 5.57. The van der Waals surface area contributed by atoms with E-state index >= 15 is 0 Å². The van der Waals surface area contributed by atoms with E-state index in [4.69, 9.17) is 4.42 Å². The van der Waals surface area contributed by atoms with Crippen molar-refractivity contribution in [2.75, 3.05) is 5.32 Å². The molecule has 2 N–H and O–H groups in total. The van der Waals surface area contributed by atoms with Gasteiger partial charge in [0, 0.05) is 16.2 Å². The summed E-state index contributed by atoms with van der Waals surface area (Å²) in [7, 11) is 0. The lowest BCUT2D eigenvalue weighted by Crippen LogP contribution is -2.15. The van der Waals surface area contributed by atoms with Crippen molar-refractivity contribution in [3.05, 3.63) is 33.6 Å². The molecule has 20 heavy (non-hydrogen) atoms. The van der Waals surface area contributed by atoms with Crippen molar-refractivity contribution in [3.63, 3.8) is 0 Å². The molecule has 6 heteroatoms. The Bertz CT molecular complexity index is 598. The van der Waals surface area contributed by atoms with E-state index in [1.54, 1.807) is 0 Å². The van der Waals surface area contributed by atoms with Gasteiger partial charge in [-0.1, -0.05) is 21.0 Å². The first-order valence-electron chi connectivity index (χ1n) is 6.71. The van der Waals surface area contributed by atoms with Gasteiger partial charge in [0.25, 0.3) is 0 Å². The summed E-state index contributed by atoms with van der Waals surface area (Å²) in [4.78, 5) is 0.